The molecule has 4 fully saturated rings. The third-order valence-electron chi connectivity index (χ3n) is 13.3. The van der Waals surface area contributed by atoms with E-state index in [1.807, 2.05) is 12.1 Å². The van der Waals surface area contributed by atoms with Crippen LogP contribution in [0.15, 0.2) is 53.7 Å². The summed E-state index contributed by atoms with van der Waals surface area (Å²) in [6.07, 6.45) is 9.06. The van der Waals surface area contributed by atoms with Crippen LogP contribution in [-0.2, 0) is 14.4 Å². The van der Waals surface area contributed by atoms with Crippen molar-refractivity contribution in [1.82, 2.24) is 5.32 Å². The molecule has 5 aliphatic rings. The van der Waals surface area contributed by atoms with E-state index in [0.717, 1.165) is 32.1 Å². The van der Waals surface area contributed by atoms with Crippen LogP contribution < -0.4 is 5.32 Å². The highest BCUT2D eigenvalue weighted by Gasteiger charge is 2.62. The number of rotatable bonds is 7. The van der Waals surface area contributed by atoms with E-state index in [-0.39, 0.29) is 16.7 Å². The van der Waals surface area contributed by atoms with E-state index < -0.39 is 6.09 Å². The minimum atomic E-state index is -0.392. The molecule has 2 aromatic rings. The Balaban J connectivity index is 0.883. The van der Waals surface area contributed by atoms with Crippen LogP contribution >= 0.6 is 0 Å². The highest BCUT2D eigenvalue weighted by molar-refractivity contribution is 5.90. The first kappa shape index (κ1) is 30.5. The zero-order valence-electron chi connectivity index (χ0n) is 27.6. The first-order valence-electron chi connectivity index (χ1n) is 17.5. The van der Waals surface area contributed by atoms with Gasteiger partial charge in [-0.3, -0.25) is 4.79 Å². The van der Waals surface area contributed by atoms with E-state index in [4.69, 9.17) is 14.7 Å². The molecule has 0 radical (unpaired) electrons. The number of nitrogens with zero attached hydrogens (tertiary/aromatic N) is 1. The summed E-state index contributed by atoms with van der Waals surface area (Å²) in [4.78, 5) is 31.2. The minimum absolute atomic E-state index is 0.0102. The SMILES string of the molecule is CC1(C)/C(=N/OCCCNC(=O)OCC2c3ccccc3-c3ccccc32)CC[C@@]2(C)C1CC[C@@H]1[C@@H]2CC[C@]2(C)C(=O)CC[C@@H]12. The van der Waals surface area contributed by atoms with Crippen molar-refractivity contribution in [3.05, 3.63) is 59.7 Å². The fraction of sp³-hybridized carbons (Fsp3) is 0.615. The van der Waals surface area contributed by atoms with Gasteiger partial charge in [0.25, 0.3) is 0 Å². The minimum Gasteiger partial charge on any atom is -0.449 e. The van der Waals surface area contributed by atoms with E-state index in [2.05, 4.69) is 69.4 Å². The predicted octanol–water partition coefficient (Wildman–Crippen LogP) is 8.54. The van der Waals surface area contributed by atoms with Crippen LogP contribution in [0, 0.1) is 39.9 Å². The molecule has 6 nitrogen and oxygen atoms in total. The molecule has 6 atom stereocenters. The molecule has 0 saturated heterocycles. The van der Waals surface area contributed by atoms with E-state index in [0.29, 0.717) is 61.0 Å². The fourth-order valence-corrected chi connectivity index (χ4v) is 10.9. The van der Waals surface area contributed by atoms with Crippen LogP contribution in [0.25, 0.3) is 11.1 Å². The summed E-state index contributed by atoms with van der Waals surface area (Å²) in [5, 5.41) is 7.60. The van der Waals surface area contributed by atoms with E-state index in [1.165, 1.54) is 47.2 Å². The Bertz CT molecular complexity index is 1450. The third-order valence-corrected chi connectivity index (χ3v) is 13.3. The summed E-state index contributed by atoms with van der Waals surface area (Å²) in [6, 6.07) is 16.7. The van der Waals surface area contributed by atoms with E-state index in [9.17, 15) is 9.59 Å². The number of hydrogen-bond donors (Lipinski definition) is 1. The second kappa shape index (κ2) is 11.6. The number of fused-ring (bicyclic) bond motifs is 8. The maximum Gasteiger partial charge on any atom is 0.407 e. The zero-order chi connectivity index (χ0) is 31.4. The zero-order valence-corrected chi connectivity index (χ0v) is 27.6. The van der Waals surface area contributed by atoms with Crippen LogP contribution in [0.4, 0.5) is 4.79 Å². The maximum absolute atomic E-state index is 12.8. The fourth-order valence-electron chi connectivity index (χ4n) is 10.9. The molecule has 6 heteroatoms. The van der Waals surface area contributed by atoms with Gasteiger partial charge >= 0.3 is 6.09 Å². The molecule has 0 aromatic heterocycles. The van der Waals surface area contributed by atoms with Crippen LogP contribution in [0.2, 0.25) is 0 Å². The summed E-state index contributed by atoms with van der Waals surface area (Å²) in [6.45, 7) is 10.9. The van der Waals surface area contributed by atoms with Gasteiger partial charge in [0.05, 0.1) is 5.71 Å². The summed E-state index contributed by atoms with van der Waals surface area (Å²) in [5.41, 5.74) is 6.29. The molecule has 5 aliphatic carbocycles. The molecule has 0 aliphatic heterocycles. The number of nitrogens with one attached hydrogen (secondary N) is 1. The second-order valence-electron chi connectivity index (χ2n) is 15.6. The van der Waals surface area contributed by atoms with Crippen molar-refractivity contribution in [1.29, 1.82) is 0 Å². The molecule has 7 rings (SSSR count). The molecular formula is C39H50N2O4. The summed E-state index contributed by atoms with van der Waals surface area (Å²) < 4.78 is 5.66. The number of ether oxygens (including phenoxy) is 1. The number of amides is 1. The van der Waals surface area contributed by atoms with Crippen LogP contribution in [0.3, 0.4) is 0 Å². The van der Waals surface area contributed by atoms with E-state index >= 15 is 0 Å². The second-order valence-corrected chi connectivity index (χ2v) is 15.6. The van der Waals surface area contributed by atoms with Crippen LogP contribution in [-0.4, -0.2) is 37.3 Å². The van der Waals surface area contributed by atoms with Crippen LogP contribution in [0.1, 0.15) is 103 Å². The van der Waals surface area contributed by atoms with Gasteiger partial charge in [-0.1, -0.05) is 81.4 Å². The Morgan fingerprint density at radius 3 is 2.33 bits per heavy atom. The first-order valence-corrected chi connectivity index (χ1v) is 17.5. The average molecular weight is 611 g/mol. The highest BCUT2D eigenvalue weighted by Crippen LogP contribution is 2.67. The van der Waals surface area contributed by atoms with E-state index in [1.54, 1.807) is 0 Å². The van der Waals surface area contributed by atoms with Crippen LogP contribution in [0.5, 0.6) is 0 Å². The molecule has 0 bridgehead atoms. The van der Waals surface area contributed by atoms with Crippen molar-refractivity contribution in [2.45, 2.75) is 91.4 Å². The molecule has 0 spiro atoms. The Kier molecular flexibility index (Phi) is 7.85. The van der Waals surface area contributed by atoms with Gasteiger partial charge in [0.1, 0.15) is 19.0 Å². The highest BCUT2D eigenvalue weighted by atomic mass is 16.6. The van der Waals surface area contributed by atoms with Crippen molar-refractivity contribution >= 4 is 17.6 Å². The topological polar surface area (TPSA) is 77.0 Å². The van der Waals surface area contributed by atoms with Gasteiger partial charge in [0.2, 0.25) is 0 Å². The van der Waals surface area contributed by atoms with Gasteiger partial charge in [-0.15, -0.1) is 0 Å². The average Bonchev–Trinajstić information content (AvgIpc) is 3.52. The van der Waals surface area contributed by atoms with Gasteiger partial charge in [-0.05, 0) is 96.3 Å². The number of ketones is 1. The smallest absolute Gasteiger partial charge is 0.407 e. The molecule has 0 heterocycles. The van der Waals surface area contributed by atoms with Gasteiger partial charge < -0.3 is 14.9 Å². The standard InChI is InChI=1S/C39H50N2O4/c1-37(2)33-16-14-29-31-15-17-35(42)39(31,4)20-18-32(29)38(33,3)21-19-34(37)41-45-23-9-22-40-36(43)44-24-30-27-12-7-5-10-25(27)26-11-6-8-13-28(26)30/h5-8,10-13,29-33H,9,14-24H2,1-4H3,(H,40,43)/b41-34+/t29-,31-,32-,33?,38+,39-/m0/s1. The van der Waals surface area contributed by atoms with Crippen molar-refractivity contribution in [3.63, 3.8) is 0 Å². The van der Waals surface area contributed by atoms with Crippen molar-refractivity contribution in [2.75, 3.05) is 19.8 Å². The summed E-state index contributed by atoms with van der Waals surface area (Å²) in [5.74, 6) is 3.17. The number of carbonyl (C=O) groups is 2. The third kappa shape index (κ3) is 5.02. The number of benzene rings is 2. The molecule has 45 heavy (non-hydrogen) atoms. The number of carbonyl (C=O) groups excluding carboxylic acids is 2. The van der Waals surface area contributed by atoms with Crippen molar-refractivity contribution in [2.24, 2.45) is 45.1 Å². The number of alkyl carbamates (subject to hydrolysis) is 1. The molecule has 1 unspecified atom stereocenters. The monoisotopic (exact) mass is 610 g/mol. The van der Waals surface area contributed by atoms with Crippen molar-refractivity contribution < 1.29 is 19.2 Å². The van der Waals surface area contributed by atoms with Gasteiger partial charge in [-0.25, -0.2) is 4.79 Å². The molecular weight excluding hydrogens is 560 g/mol. The molecule has 1 amide bonds. The number of oxime groups is 1. The van der Waals surface area contributed by atoms with Gasteiger partial charge in [0, 0.05) is 36.1 Å². The largest absolute Gasteiger partial charge is 0.449 e. The number of Topliss-reactive ketones (excluding diaryl/α,β-unsaturated/α-hetero) is 1. The quantitative estimate of drug-likeness (QED) is 0.252. The lowest BCUT2D eigenvalue weighted by Gasteiger charge is -2.63. The summed E-state index contributed by atoms with van der Waals surface area (Å²) in [7, 11) is 0. The molecule has 2 aromatic carbocycles. The first-order chi connectivity index (χ1) is 21.6. The number of hydrogen-bond acceptors (Lipinski definition) is 5. The Hall–Kier alpha value is -3.15. The lowest BCUT2D eigenvalue weighted by atomic mass is 9.41. The van der Waals surface area contributed by atoms with Gasteiger partial charge in [-0.2, -0.15) is 0 Å². The molecule has 1 N–H and O–H groups in total. The predicted molar refractivity (Wildman–Crippen MR) is 177 cm³/mol. The molecule has 240 valence electrons. The van der Waals surface area contributed by atoms with Crippen molar-refractivity contribution in [3.8, 4) is 11.1 Å². The lowest BCUT2D eigenvalue weighted by Crippen LogP contribution is -2.58. The summed E-state index contributed by atoms with van der Waals surface area (Å²) >= 11 is 0. The normalized spacial score (nSPS) is 33.9. The maximum atomic E-state index is 12.8. The Labute approximate surface area is 268 Å². The molecule has 4 saturated carbocycles. The van der Waals surface area contributed by atoms with Gasteiger partial charge in [0.15, 0.2) is 0 Å². The Morgan fingerprint density at radius 1 is 0.889 bits per heavy atom. The Morgan fingerprint density at radius 2 is 1.60 bits per heavy atom. The lowest BCUT2D eigenvalue weighted by molar-refractivity contribution is -0.141.